The highest BCUT2D eigenvalue weighted by atomic mass is 19.4. The summed E-state index contributed by atoms with van der Waals surface area (Å²) in [5.74, 6) is -0.804. The number of hydrogen-bond acceptors (Lipinski definition) is 7. The topological polar surface area (TPSA) is 117 Å². The maximum Gasteiger partial charge on any atom is 0.421 e. The van der Waals surface area contributed by atoms with Crippen molar-refractivity contribution in [1.29, 1.82) is 5.26 Å². The van der Waals surface area contributed by atoms with Crippen LogP contribution in [-0.4, -0.2) is 14.9 Å². The zero-order chi connectivity index (χ0) is 21.0. The van der Waals surface area contributed by atoms with Crippen LogP contribution in [-0.2, 0) is 6.18 Å². The maximum absolute atomic E-state index is 13.3. The van der Waals surface area contributed by atoms with E-state index >= 15 is 0 Å². The number of rotatable bonds is 5. The Bertz CT molecular complexity index is 1090. The molecular weight excluding hydrogens is 389 g/mol. The van der Waals surface area contributed by atoms with Gasteiger partial charge in [-0.25, -0.2) is 4.98 Å². The first-order chi connectivity index (χ1) is 13.8. The van der Waals surface area contributed by atoms with Crippen molar-refractivity contribution >= 4 is 28.8 Å². The lowest BCUT2D eigenvalue weighted by Gasteiger charge is -2.15. The van der Waals surface area contributed by atoms with Crippen LogP contribution in [0.1, 0.15) is 11.1 Å². The molecule has 0 radical (unpaired) electrons. The number of nitro groups is 1. The summed E-state index contributed by atoms with van der Waals surface area (Å²) in [7, 11) is 0. The molecule has 3 aromatic rings. The van der Waals surface area contributed by atoms with Gasteiger partial charge in [0, 0.05) is 18.0 Å². The van der Waals surface area contributed by atoms with E-state index < -0.39 is 28.2 Å². The van der Waals surface area contributed by atoms with Gasteiger partial charge in [-0.05, 0) is 30.3 Å². The molecule has 0 saturated heterocycles. The second-order valence-electron chi connectivity index (χ2n) is 5.67. The first kappa shape index (κ1) is 19.6. The predicted octanol–water partition coefficient (Wildman–Crippen LogP) is 4.76. The van der Waals surface area contributed by atoms with Gasteiger partial charge in [0.25, 0.3) is 5.69 Å². The molecule has 2 aromatic carbocycles. The highest BCUT2D eigenvalue weighted by molar-refractivity contribution is 5.70. The summed E-state index contributed by atoms with van der Waals surface area (Å²) in [5, 5.41) is 25.0. The van der Waals surface area contributed by atoms with Crippen LogP contribution in [0.25, 0.3) is 0 Å². The SMILES string of the molecule is N#Cc1ccc(Nc2ncc(C(F)(F)F)c(Nc3ccccc3[N+](=O)[O-])n2)cc1. The molecule has 0 aliphatic rings. The number of nitrogens with one attached hydrogen (secondary N) is 2. The maximum atomic E-state index is 13.3. The molecule has 0 aliphatic heterocycles. The van der Waals surface area contributed by atoms with Gasteiger partial charge in [0.05, 0.1) is 16.6 Å². The number of nitrogens with zero attached hydrogens (tertiary/aromatic N) is 4. The van der Waals surface area contributed by atoms with Gasteiger partial charge in [-0.15, -0.1) is 0 Å². The fourth-order valence-corrected chi connectivity index (χ4v) is 2.37. The largest absolute Gasteiger partial charge is 0.421 e. The van der Waals surface area contributed by atoms with Crippen molar-refractivity contribution in [3.05, 3.63) is 76.0 Å². The van der Waals surface area contributed by atoms with E-state index in [1.807, 2.05) is 6.07 Å². The number of para-hydroxylation sites is 2. The zero-order valence-corrected chi connectivity index (χ0v) is 14.4. The third-order valence-electron chi connectivity index (χ3n) is 3.72. The molecule has 29 heavy (non-hydrogen) atoms. The first-order valence-corrected chi connectivity index (χ1v) is 8.00. The van der Waals surface area contributed by atoms with E-state index in [0.29, 0.717) is 17.4 Å². The van der Waals surface area contributed by atoms with E-state index in [4.69, 9.17) is 5.26 Å². The lowest BCUT2D eigenvalue weighted by atomic mass is 10.2. The van der Waals surface area contributed by atoms with Gasteiger partial charge >= 0.3 is 6.18 Å². The minimum atomic E-state index is -4.78. The van der Waals surface area contributed by atoms with E-state index in [0.717, 1.165) is 6.07 Å². The molecule has 0 spiro atoms. The standard InChI is InChI=1S/C18H11F3N6O2/c19-18(20,21)13-10-23-17(24-12-7-5-11(9-22)6-8-12)26-16(13)25-14-3-1-2-4-15(14)27(28)29/h1-8,10H,(H2,23,24,25,26). The minimum Gasteiger partial charge on any atom is -0.334 e. The lowest BCUT2D eigenvalue weighted by molar-refractivity contribution is -0.383. The van der Waals surface area contributed by atoms with Crippen LogP contribution in [0.3, 0.4) is 0 Å². The molecule has 2 N–H and O–H groups in total. The molecule has 11 heteroatoms. The Morgan fingerprint density at radius 3 is 2.38 bits per heavy atom. The smallest absolute Gasteiger partial charge is 0.334 e. The summed E-state index contributed by atoms with van der Waals surface area (Å²) in [4.78, 5) is 17.9. The van der Waals surface area contributed by atoms with E-state index in [1.165, 1.54) is 42.5 Å². The molecule has 3 rings (SSSR count). The van der Waals surface area contributed by atoms with E-state index in [9.17, 15) is 23.3 Å². The van der Waals surface area contributed by atoms with Crippen molar-refractivity contribution in [3.8, 4) is 6.07 Å². The summed E-state index contributed by atoms with van der Waals surface area (Å²) >= 11 is 0. The number of aromatic nitrogens is 2. The number of benzene rings is 2. The number of anilines is 4. The molecular formula is C18H11F3N6O2. The van der Waals surface area contributed by atoms with Crippen molar-refractivity contribution in [2.75, 3.05) is 10.6 Å². The quantitative estimate of drug-likeness (QED) is 0.468. The molecule has 0 unspecified atom stereocenters. The summed E-state index contributed by atoms with van der Waals surface area (Å²) in [6.45, 7) is 0. The third-order valence-corrected chi connectivity index (χ3v) is 3.72. The predicted molar refractivity (Wildman–Crippen MR) is 97.9 cm³/mol. The Kier molecular flexibility index (Phi) is 5.27. The van der Waals surface area contributed by atoms with Crippen molar-refractivity contribution < 1.29 is 18.1 Å². The molecule has 1 aromatic heterocycles. The third kappa shape index (κ3) is 4.56. The van der Waals surface area contributed by atoms with Crippen molar-refractivity contribution in [2.24, 2.45) is 0 Å². The number of alkyl halides is 3. The summed E-state index contributed by atoms with van der Waals surface area (Å²) < 4.78 is 40.0. The van der Waals surface area contributed by atoms with Crippen LogP contribution in [0.4, 0.5) is 42.0 Å². The molecule has 0 bridgehead atoms. The Balaban J connectivity index is 1.98. The second-order valence-corrected chi connectivity index (χ2v) is 5.67. The Morgan fingerprint density at radius 1 is 1.07 bits per heavy atom. The number of hydrogen-bond donors (Lipinski definition) is 2. The number of nitro benzene ring substituents is 1. The van der Waals surface area contributed by atoms with Crippen LogP contribution in [0.15, 0.2) is 54.7 Å². The van der Waals surface area contributed by atoms with Gasteiger partial charge < -0.3 is 10.6 Å². The van der Waals surface area contributed by atoms with Gasteiger partial charge in [0.15, 0.2) is 0 Å². The second kappa shape index (κ2) is 7.81. The molecule has 0 saturated carbocycles. The number of nitriles is 1. The average Bonchev–Trinajstić information content (AvgIpc) is 2.68. The molecule has 0 fully saturated rings. The van der Waals surface area contributed by atoms with E-state index in [-0.39, 0.29) is 11.6 Å². The fraction of sp³-hybridized carbons (Fsp3) is 0.0556. The van der Waals surface area contributed by atoms with Crippen molar-refractivity contribution in [1.82, 2.24) is 9.97 Å². The van der Waals surface area contributed by atoms with Gasteiger partial charge in [-0.2, -0.15) is 23.4 Å². The van der Waals surface area contributed by atoms with E-state index in [2.05, 4.69) is 20.6 Å². The van der Waals surface area contributed by atoms with Gasteiger partial charge in [0.2, 0.25) is 5.95 Å². The van der Waals surface area contributed by atoms with Crippen LogP contribution in [0.2, 0.25) is 0 Å². The van der Waals surface area contributed by atoms with E-state index in [1.54, 1.807) is 0 Å². The molecule has 0 amide bonds. The fourth-order valence-electron chi connectivity index (χ4n) is 2.37. The molecule has 1 heterocycles. The van der Waals surface area contributed by atoms with Gasteiger partial charge in [-0.1, -0.05) is 12.1 Å². The molecule has 146 valence electrons. The Hall–Kier alpha value is -4.20. The van der Waals surface area contributed by atoms with Crippen LogP contribution in [0.5, 0.6) is 0 Å². The molecule has 0 atom stereocenters. The normalized spacial score (nSPS) is 10.8. The molecule has 0 aliphatic carbocycles. The van der Waals surface area contributed by atoms with Gasteiger partial charge in [0.1, 0.15) is 17.1 Å². The average molecular weight is 400 g/mol. The monoisotopic (exact) mass is 400 g/mol. The van der Waals surface area contributed by atoms with Crippen LogP contribution in [0, 0.1) is 21.4 Å². The van der Waals surface area contributed by atoms with Crippen LogP contribution < -0.4 is 10.6 Å². The highest BCUT2D eigenvalue weighted by Crippen LogP contribution is 2.36. The zero-order valence-electron chi connectivity index (χ0n) is 14.4. The Morgan fingerprint density at radius 2 is 1.76 bits per heavy atom. The van der Waals surface area contributed by atoms with Crippen molar-refractivity contribution in [2.45, 2.75) is 6.18 Å². The summed E-state index contributed by atoms with van der Waals surface area (Å²) in [5.41, 5.74) is -0.879. The first-order valence-electron chi connectivity index (χ1n) is 8.00. The Labute approximate surface area is 161 Å². The summed E-state index contributed by atoms with van der Waals surface area (Å²) in [6, 6.07) is 13.3. The lowest BCUT2D eigenvalue weighted by Crippen LogP contribution is -2.13. The van der Waals surface area contributed by atoms with Crippen LogP contribution >= 0.6 is 0 Å². The summed E-state index contributed by atoms with van der Waals surface area (Å²) in [6.07, 6.45) is -4.20. The highest BCUT2D eigenvalue weighted by Gasteiger charge is 2.35. The minimum absolute atomic E-state index is 0.147. The van der Waals surface area contributed by atoms with Crippen molar-refractivity contribution in [3.63, 3.8) is 0 Å². The number of halogens is 3. The van der Waals surface area contributed by atoms with Gasteiger partial charge in [-0.3, -0.25) is 10.1 Å². The molecule has 8 nitrogen and oxygen atoms in total.